The second-order valence-corrected chi connectivity index (χ2v) is 10.2. The summed E-state index contributed by atoms with van der Waals surface area (Å²) in [6, 6.07) is 9.89. The molecule has 1 N–H and O–H groups in total. The molecule has 31 heavy (non-hydrogen) atoms. The lowest BCUT2D eigenvalue weighted by Gasteiger charge is -2.25. The summed E-state index contributed by atoms with van der Waals surface area (Å²) >= 11 is 0. The second-order valence-electron chi connectivity index (χ2n) is 7.79. The van der Waals surface area contributed by atoms with Crippen LogP contribution in [0.3, 0.4) is 0 Å². The van der Waals surface area contributed by atoms with Crippen LogP contribution in [-0.2, 0) is 21.2 Å². The largest absolute Gasteiger partial charge is 0.389 e. The number of nitrogens with zero attached hydrogens (tertiary/aromatic N) is 2. The van der Waals surface area contributed by atoms with Crippen molar-refractivity contribution in [1.29, 1.82) is 0 Å². The van der Waals surface area contributed by atoms with Crippen molar-refractivity contribution < 1.29 is 22.7 Å². The maximum atomic E-state index is 14.8. The maximum Gasteiger partial charge on any atom is 0.261 e. The van der Waals surface area contributed by atoms with Gasteiger partial charge < -0.3 is 5.11 Å². The number of halogens is 1. The molecule has 2 aromatic carbocycles. The van der Waals surface area contributed by atoms with Crippen LogP contribution in [0.2, 0.25) is 0 Å². The van der Waals surface area contributed by atoms with Gasteiger partial charge in [0.15, 0.2) is 15.6 Å². The Morgan fingerprint density at radius 3 is 2.45 bits per heavy atom. The van der Waals surface area contributed by atoms with Crippen molar-refractivity contribution in [3.8, 4) is 11.1 Å². The molecule has 0 aliphatic carbocycles. The number of aliphatic hydroxyl groups is 1. The summed E-state index contributed by atoms with van der Waals surface area (Å²) in [4.78, 5) is 29.1. The molecule has 3 rings (SSSR count). The minimum atomic E-state index is -3.85. The highest BCUT2D eigenvalue weighted by molar-refractivity contribution is 7.92. The van der Waals surface area contributed by atoms with Crippen LogP contribution in [0.1, 0.15) is 18.9 Å². The minimum absolute atomic E-state index is 0.0467. The molecule has 0 bridgehead atoms. The van der Waals surface area contributed by atoms with Crippen molar-refractivity contribution in [2.45, 2.75) is 31.6 Å². The van der Waals surface area contributed by atoms with E-state index in [-0.39, 0.29) is 18.4 Å². The number of rotatable bonds is 7. The average molecular weight is 447 g/mol. The van der Waals surface area contributed by atoms with Crippen LogP contribution in [0.15, 0.2) is 47.5 Å². The zero-order chi connectivity index (χ0) is 23.0. The van der Waals surface area contributed by atoms with Crippen LogP contribution in [-0.4, -0.2) is 46.5 Å². The van der Waals surface area contributed by atoms with E-state index in [4.69, 9.17) is 5.11 Å². The normalized spacial score (nSPS) is 13.8. The summed E-state index contributed by atoms with van der Waals surface area (Å²) in [7, 11) is -3.85. The van der Waals surface area contributed by atoms with Crippen molar-refractivity contribution >= 4 is 26.5 Å². The van der Waals surface area contributed by atoms with Gasteiger partial charge in [0.2, 0.25) is 0 Å². The first-order valence-corrected chi connectivity index (χ1v) is 11.5. The van der Waals surface area contributed by atoms with Crippen LogP contribution in [0.4, 0.5) is 4.39 Å². The number of sulfone groups is 1. The highest BCUT2D eigenvalue weighted by atomic mass is 32.2. The Hall–Kier alpha value is -2.91. The molecule has 1 atom stereocenters. The van der Waals surface area contributed by atoms with Gasteiger partial charge in [-0.05, 0) is 38.0 Å². The van der Waals surface area contributed by atoms with Crippen LogP contribution < -0.4 is 5.56 Å². The number of fused-ring (bicyclic) bond motifs is 1. The molecule has 164 valence electrons. The fourth-order valence-electron chi connectivity index (χ4n) is 3.33. The Balaban J connectivity index is 2.00. The summed E-state index contributed by atoms with van der Waals surface area (Å²) in [5.74, 6) is -1.44. The smallest absolute Gasteiger partial charge is 0.261 e. The Morgan fingerprint density at radius 1 is 1.23 bits per heavy atom. The van der Waals surface area contributed by atoms with Gasteiger partial charge in [-0.2, -0.15) is 0 Å². The van der Waals surface area contributed by atoms with Gasteiger partial charge in [0, 0.05) is 18.4 Å². The predicted octanol–water partition coefficient (Wildman–Crippen LogP) is 2.27. The summed E-state index contributed by atoms with van der Waals surface area (Å²) in [5.41, 5.74) is 1.76. The fourth-order valence-corrected chi connectivity index (χ4v) is 4.27. The standard InChI is InChI=1S/C22H23FN2O5S/c1-14-4-6-15(7-5-14)16-11-19-17(10-18(16)23)21(28)25(13-24-19)9-8-22(2,20(27)12-26)31(3,29)30/h4-7,10-11,13,26H,8-9,12H2,1-3H3/t22-/m0/s1. The third kappa shape index (κ3) is 4.28. The summed E-state index contributed by atoms with van der Waals surface area (Å²) in [5, 5.41) is 9.20. The van der Waals surface area contributed by atoms with E-state index in [1.54, 1.807) is 12.1 Å². The number of aromatic nitrogens is 2. The van der Waals surface area contributed by atoms with Gasteiger partial charge >= 0.3 is 0 Å². The van der Waals surface area contributed by atoms with Gasteiger partial charge in [-0.25, -0.2) is 17.8 Å². The van der Waals surface area contributed by atoms with E-state index in [1.165, 1.54) is 19.3 Å². The quantitative estimate of drug-likeness (QED) is 0.597. The third-order valence-corrected chi connectivity index (χ3v) is 7.73. The van der Waals surface area contributed by atoms with Crippen LogP contribution in [0.5, 0.6) is 0 Å². The number of ketones is 1. The van der Waals surface area contributed by atoms with E-state index >= 15 is 0 Å². The van der Waals surface area contributed by atoms with Crippen molar-refractivity contribution in [2.75, 3.05) is 12.9 Å². The number of carbonyl (C=O) groups is 1. The molecule has 0 fully saturated rings. The van der Waals surface area contributed by atoms with Gasteiger partial charge in [0.1, 0.15) is 17.2 Å². The molecule has 3 aromatic rings. The monoisotopic (exact) mass is 446 g/mol. The van der Waals surface area contributed by atoms with Crippen LogP contribution in [0.25, 0.3) is 22.0 Å². The Labute approximate surface area is 179 Å². The zero-order valence-corrected chi connectivity index (χ0v) is 18.2. The van der Waals surface area contributed by atoms with Crippen molar-refractivity contribution in [3.63, 3.8) is 0 Å². The number of hydrogen-bond donors (Lipinski definition) is 1. The lowest BCUT2D eigenvalue weighted by Crippen LogP contribution is -2.46. The predicted molar refractivity (Wildman–Crippen MR) is 116 cm³/mol. The number of hydrogen-bond acceptors (Lipinski definition) is 6. The van der Waals surface area contributed by atoms with Gasteiger partial charge in [0.25, 0.3) is 5.56 Å². The molecule has 1 heterocycles. The molecule has 0 saturated carbocycles. The number of carbonyl (C=O) groups excluding carboxylic acids is 1. The van der Waals surface area contributed by atoms with Gasteiger partial charge in [-0.1, -0.05) is 29.8 Å². The first-order valence-electron chi connectivity index (χ1n) is 9.57. The second kappa shape index (κ2) is 8.32. The lowest BCUT2D eigenvalue weighted by molar-refractivity contribution is -0.124. The number of Topliss-reactive ketones (excluding diaryl/α,β-unsaturated/α-hetero) is 1. The number of aliphatic hydroxyl groups excluding tert-OH is 1. The lowest BCUT2D eigenvalue weighted by atomic mass is 10.0. The van der Waals surface area contributed by atoms with Crippen molar-refractivity contribution in [2.24, 2.45) is 0 Å². The van der Waals surface area contributed by atoms with Crippen LogP contribution >= 0.6 is 0 Å². The van der Waals surface area contributed by atoms with Crippen molar-refractivity contribution in [3.05, 3.63) is 64.5 Å². The highest BCUT2D eigenvalue weighted by Gasteiger charge is 2.42. The minimum Gasteiger partial charge on any atom is -0.389 e. The Kier molecular flexibility index (Phi) is 6.11. The maximum absolute atomic E-state index is 14.8. The first kappa shape index (κ1) is 22.8. The molecule has 0 radical (unpaired) electrons. The van der Waals surface area contributed by atoms with Gasteiger partial charge in [-0.3, -0.25) is 14.2 Å². The average Bonchev–Trinajstić information content (AvgIpc) is 2.72. The summed E-state index contributed by atoms with van der Waals surface area (Å²) < 4.78 is 38.3. The molecule has 0 aliphatic rings. The molecule has 0 saturated heterocycles. The molecule has 0 aliphatic heterocycles. The molecule has 9 heteroatoms. The van der Waals surface area contributed by atoms with Crippen LogP contribution in [0, 0.1) is 12.7 Å². The molecule has 0 amide bonds. The van der Waals surface area contributed by atoms with E-state index in [1.807, 2.05) is 19.1 Å². The molecule has 0 unspecified atom stereocenters. The molecular weight excluding hydrogens is 423 g/mol. The van der Waals surface area contributed by atoms with E-state index in [0.29, 0.717) is 16.6 Å². The zero-order valence-electron chi connectivity index (χ0n) is 17.4. The molecule has 0 spiro atoms. The highest BCUT2D eigenvalue weighted by Crippen LogP contribution is 2.27. The molecule has 7 nitrogen and oxygen atoms in total. The van der Waals surface area contributed by atoms with E-state index in [9.17, 15) is 22.4 Å². The van der Waals surface area contributed by atoms with Crippen molar-refractivity contribution in [1.82, 2.24) is 9.55 Å². The molecular formula is C22H23FN2O5S. The number of aryl methyl sites for hydroxylation is 2. The first-order chi connectivity index (χ1) is 14.5. The third-order valence-electron chi connectivity index (χ3n) is 5.66. The Bertz CT molecular complexity index is 1320. The Morgan fingerprint density at radius 2 is 1.87 bits per heavy atom. The summed E-state index contributed by atoms with van der Waals surface area (Å²) in [6.45, 7) is 2.07. The SMILES string of the molecule is Cc1ccc(-c2cc3ncn(CC[C@@](C)(C(=O)CO)S(C)(=O)=O)c(=O)c3cc2F)cc1. The van der Waals surface area contributed by atoms with Gasteiger partial charge in [0.05, 0.1) is 17.2 Å². The van der Waals surface area contributed by atoms with Gasteiger partial charge in [-0.15, -0.1) is 0 Å². The summed E-state index contributed by atoms with van der Waals surface area (Å²) in [6.07, 6.45) is 1.92. The molecule has 1 aromatic heterocycles. The van der Waals surface area contributed by atoms with E-state index in [0.717, 1.165) is 22.5 Å². The van der Waals surface area contributed by atoms with E-state index in [2.05, 4.69) is 4.98 Å². The van der Waals surface area contributed by atoms with E-state index < -0.39 is 38.4 Å². The number of benzene rings is 2. The topological polar surface area (TPSA) is 106 Å². The fraction of sp³-hybridized carbons (Fsp3) is 0.318.